The number of rotatable bonds is 6. The highest BCUT2D eigenvalue weighted by Gasteiger charge is 2.09. The van der Waals surface area contributed by atoms with E-state index in [0.29, 0.717) is 24.6 Å². The Morgan fingerprint density at radius 2 is 2.10 bits per heavy atom. The molecule has 0 amide bonds. The van der Waals surface area contributed by atoms with E-state index in [-0.39, 0.29) is 6.61 Å². The van der Waals surface area contributed by atoms with Crippen LogP contribution in [0, 0.1) is 13.8 Å². The predicted octanol–water partition coefficient (Wildman–Crippen LogP) is 2.08. The molecular weight excluding hydrogens is 270 g/mol. The molecule has 0 bridgehead atoms. The normalized spacial score (nSPS) is 10.6. The van der Waals surface area contributed by atoms with Crippen LogP contribution in [0.4, 0.5) is 0 Å². The highest BCUT2D eigenvalue weighted by atomic mass is 16.6. The second-order valence-electron chi connectivity index (χ2n) is 4.58. The highest BCUT2D eigenvalue weighted by Crippen LogP contribution is 2.10. The van der Waals surface area contributed by atoms with Gasteiger partial charge in [-0.15, -0.1) is 0 Å². The lowest BCUT2D eigenvalue weighted by molar-refractivity contribution is 0.0335. The van der Waals surface area contributed by atoms with E-state index in [4.69, 9.17) is 9.47 Å². The Kier molecular flexibility index (Phi) is 5.05. The lowest BCUT2D eigenvalue weighted by atomic mass is 10.3. The molecule has 2 aromatic heterocycles. The van der Waals surface area contributed by atoms with Crippen LogP contribution in [0.15, 0.2) is 24.4 Å². The van der Waals surface area contributed by atoms with Gasteiger partial charge >= 0.3 is 5.97 Å². The van der Waals surface area contributed by atoms with E-state index in [1.54, 1.807) is 16.8 Å². The molecule has 0 radical (unpaired) electrons. The van der Waals surface area contributed by atoms with E-state index >= 15 is 0 Å². The molecular formula is C15H19N3O3. The number of aryl methyl sites for hydroxylation is 2. The molecule has 6 nitrogen and oxygen atoms in total. The SMILES string of the molecule is CCOCCOC(=O)c1ccc(-n2nc(C)cc2C)nc1. The van der Waals surface area contributed by atoms with E-state index in [1.807, 2.05) is 26.8 Å². The zero-order chi connectivity index (χ0) is 15.2. The first-order chi connectivity index (χ1) is 10.1. The number of pyridine rings is 1. The highest BCUT2D eigenvalue weighted by molar-refractivity contribution is 5.89. The summed E-state index contributed by atoms with van der Waals surface area (Å²) in [6.45, 7) is 7.02. The van der Waals surface area contributed by atoms with Crippen LogP contribution in [-0.4, -0.2) is 40.6 Å². The molecule has 0 saturated heterocycles. The van der Waals surface area contributed by atoms with Gasteiger partial charge in [0.25, 0.3) is 0 Å². The minimum Gasteiger partial charge on any atom is -0.460 e. The van der Waals surface area contributed by atoms with Crippen molar-refractivity contribution in [1.29, 1.82) is 0 Å². The molecule has 2 heterocycles. The Bertz CT molecular complexity index is 605. The number of esters is 1. The molecule has 0 atom stereocenters. The molecule has 0 saturated carbocycles. The molecule has 112 valence electrons. The lowest BCUT2D eigenvalue weighted by Crippen LogP contribution is -2.11. The fraction of sp³-hybridized carbons (Fsp3) is 0.400. The summed E-state index contributed by atoms with van der Waals surface area (Å²) < 4.78 is 11.9. The minimum absolute atomic E-state index is 0.242. The molecule has 2 rings (SSSR count). The Morgan fingerprint density at radius 1 is 1.29 bits per heavy atom. The quantitative estimate of drug-likeness (QED) is 0.601. The summed E-state index contributed by atoms with van der Waals surface area (Å²) in [4.78, 5) is 16.0. The average Bonchev–Trinajstić information content (AvgIpc) is 2.82. The fourth-order valence-electron chi connectivity index (χ4n) is 1.91. The minimum atomic E-state index is -0.401. The first kappa shape index (κ1) is 15.2. The van der Waals surface area contributed by atoms with Crippen molar-refractivity contribution in [3.63, 3.8) is 0 Å². The fourth-order valence-corrected chi connectivity index (χ4v) is 1.91. The van der Waals surface area contributed by atoms with Crippen molar-refractivity contribution in [2.24, 2.45) is 0 Å². The molecule has 0 aliphatic carbocycles. The zero-order valence-electron chi connectivity index (χ0n) is 12.5. The van der Waals surface area contributed by atoms with Gasteiger partial charge in [-0.25, -0.2) is 14.5 Å². The Balaban J connectivity index is 2.02. The molecule has 0 aromatic carbocycles. The zero-order valence-corrected chi connectivity index (χ0v) is 12.5. The summed E-state index contributed by atoms with van der Waals surface area (Å²) in [7, 11) is 0. The smallest absolute Gasteiger partial charge is 0.339 e. The summed E-state index contributed by atoms with van der Waals surface area (Å²) in [5.41, 5.74) is 2.33. The second-order valence-corrected chi connectivity index (χ2v) is 4.58. The van der Waals surface area contributed by atoms with Crippen LogP contribution in [-0.2, 0) is 9.47 Å². The maximum atomic E-state index is 11.8. The topological polar surface area (TPSA) is 66.2 Å². The molecule has 2 aromatic rings. The number of hydrogen-bond acceptors (Lipinski definition) is 5. The van der Waals surface area contributed by atoms with Crippen molar-refractivity contribution in [2.45, 2.75) is 20.8 Å². The van der Waals surface area contributed by atoms with Crippen molar-refractivity contribution in [2.75, 3.05) is 19.8 Å². The van der Waals surface area contributed by atoms with Gasteiger partial charge in [-0.05, 0) is 39.0 Å². The lowest BCUT2D eigenvalue weighted by Gasteiger charge is -2.06. The van der Waals surface area contributed by atoms with Crippen LogP contribution in [0.5, 0.6) is 0 Å². The maximum absolute atomic E-state index is 11.8. The molecule has 0 fully saturated rings. The van der Waals surface area contributed by atoms with Crippen molar-refractivity contribution >= 4 is 5.97 Å². The first-order valence-electron chi connectivity index (χ1n) is 6.86. The first-order valence-corrected chi connectivity index (χ1v) is 6.86. The molecule has 0 unspecified atom stereocenters. The third-order valence-electron chi connectivity index (χ3n) is 2.88. The number of nitrogens with zero attached hydrogens (tertiary/aromatic N) is 3. The number of carbonyl (C=O) groups is 1. The summed E-state index contributed by atoms with van der Waals surface area (Å²) in [5, 5.41) is 4.35. The predicted molar refractivity (Wildman–Crippen MR) is 77.6 cm³/mol. The summed E-state index contributed by atoms with van der Waals surface area (Å²) in [6, 6.07) is 5.40. The van der Waals surface area contributed by atoms with Gasteiger partial charge in [0, 0.05) is 18.5 Å². The van der Waals surface area contributed by atoms with Gasteiger partial charge in [-0.3, -0.25) is 0 Å². The Hall–Kier alpha value is -2.21. The molecule has 0 spiro atoms. The molecule has 6 heteroatoms. The maximum Gasteiger partial charge on any atom is 0.339 e. The van der Waals surface area contributed by atoms with Gasteiger partial charge in [0.05, 0.1) is 17.9 Å². The van der Waals surface area contributed by atoms with E-state index in [0.717, 1.165) is 11.4 Å². The van der Waals surface area contributed by atoms with Crippen molar-refractivity contribution in [3.8, 4) is 5.82 Å². The van der Waals surface area contributed by atoms with Crippen LogP contribution >= 0.6 is 0 Å². The van der Waals surface area contributed by atoms with Gasteiger partial charge < -0.3 is 9.47 Å². The van der Waals surface area contributed by atoms with Crippen molar-refractivity contribution < 1.29 is 14.3 Å². The van der Waals surface area contributed by atoms with Crippen LogP contribution in [0.3, 0.4) is 0 Å². The van der Waals surface area contributed by atoms with E-state index < -0.39 is 5.97 Å². The van der Waals surface area contributed by atoms with Crippen LogP contribution < -0.4 is 0 Å². The van der Waals surface area contributed by atoms with Crippen LogP contribution in [0.1, 0.15) is 28.7 Å². The van der Waals surface area contributed by atoms with Gasteiger partial charge in [0.2, 0.25) is 0 Å². The number of ether oxygens (including phenoxy) is 2. The molecule has 21 heavy (non-hydrogen) atoms. The number of aromatic nitrogens is 3. The number of hydrogen-bond donors (Lipinski definition) is 0. The van der Waals surface area contributed by atoms with E-state index in [2.05, 4.69) is 10.1 Å². The van der Waals surface area contributed by atoms with Crippen molar-refractivity contribution in [1.82, 2.24) is 14.8 Å². The number of carbonyl (C=O) groups excluding carboxylic acids is 1. The van der Waals surface area contributed by atoms with Crippen LogP contribution in [0.25, 0.3) is 5.82 Å². The van der Waals surface area contributed by atoms with Crippen molar-refractivity contribution in [3.05, 3.63) is 41.3 Å². The molecule has 0 N–H and O–H groups in total. The summed E-state index contributed by atoms with van der Waals surface area (Å²) >= 11 is 0. The largest absolute Gasteiger partial charge is 0.460 e. The summed E-state index contributed by atoms with van der Waals surface area (Å²) in [5.74, 6) is 0.272. The van der Waals surface area contributed by atoms with Gasteiger partial charge in [-0.1, -0.05) is 0 Å². The standard InChI is InChI=1S/C15H19N3O3/c1-4-20-7-8-21-15(19)13-5-6-14(16-10-13)18-12(3)9-11(2)17-18/h5-6,9-10H,4,7-8H2,1-3H3. The Morgan fingerprint density at radius 3 is 2.67 bits per heavy atom. The average molecular weight is 289 g/mol. The third-order valence-corrected chi connectivity index (χ3v) is 2.88. The van der Waals surface area contributed by atoms with Gasteiger partial charge in [-0.2, -0.15) is 5.10 Å². The van der Waals surface area contributed by atoms with E-state index in [1.165, 1.54) is 6.20 Å². The second kappa shape index (κ2) is 6.99. The summed E-state index contributed by atoms with van der Waals surface area (Å²) in [6.07, 6.45) is 1.49. The molecule has 0 aliphatic rings. The van der Waals surface area contributed by atoms with E-state index in [9.17, 15) is 4.79 Å². The monoisotopic (exact) mass is 289 g/mol. The Labute approximate surface area is 123 Å². The van der Waals surface area contributed by atoms with Gasteiger partial charge in [0.1, 0.15) is 6.61 Å². The third kappa shape index (κ3) is 3.88. The van der Waals surface area contributed by atoms with Gasteiger partial charge in [0.15, 0.2) is 5.82 Å². The van der Waals surface area contributed by atoms with Crippen LogP contribution in [0.2, 0.25) is 0 Å². The molecule has 0 aliphatic heterocycles.